The lowest BCUT2D eigenvalue weighted by molar-refractivity contribution is -0.131. The molecule has 0 saturated carbocycles. The molecule has 2 heterocycles. The summed E-state index contributed by atoms with van der Waals surface area (Å²) < 4.78 is 1.58. The molecular weight excluding hydrogens is 454 g/mol. The van der Waals surface area contributed by atoms with Crippen LogP contribution in [0.3, 0.4) is 0 Å². The van der Waals surface area contributed by atoms with Crippen molar-refractivity contribution in [1.82, 2.24) is 30.1 Å². The fraction of sp³-hybridized carbons (Fsp3) is 0.333. The SMILES string of the molecule is Cn1cc(CN(Cc2ccc(N)cc2)C(=O)NCC(=O)N2CCCC2c2ccccc2Cl)nn1. The highest BCUT2D eigenvalue weighted by molar-refractivity contribution is 6.31. The third-order valence-corrected chi connectivity index (χ3v) is 6.22. The zero-order chi connectivity index (χ0) is 24.1. The van der Waals surface area contributed by atoms with Crippen molar-refractivity contribution in [2.24, 2.45) is 7.05 Å². The summed E-state index contributed by atoms with van der Waals surface area (Å²) in [6, 6.07) is 14.5. The highest BCUT2D eigenvalue weighted by Gasteiger charge is 2.31. The minimum absolute atomic E-state index is 0.0800. The normalized spacial score (nSPS) is 15.4. The highest BCUT2D eigenvalue weighted by Crippen LogP contribution is 2.35. The predicted octanol–water partition coefficient (Wildman–Crippen LogP) is 3.13. The van der Waals surface area contributed by atoms with Gasteiger partial charge in [0.25, 0.3) is 0 Å². The van der Waals surface area contributed by atoms with Gasteiger partial charge in [-0.1, -0.05) is 47.1 Å². The smallest absolute Gasteiger partial charge is 0.318 e. The Bertz CT molecular complexity index is 1150. The molecule has 1 aliphatic heterocycles. The van der Waals surface area contributed by atoms with Crippen molar-refractivity contribution in [3.8, 4) is 0 Å². The number of carbonyl (C=O) groups excluding carboxylic acids is 2. The molecule has 1 aromatic heterocycles. The molecular formula is C24H28ClN7O2. The van der Waals surface area contributed by atoms with Crippen molar-refractivity contribution in [2.75, 3.05) is 18.8 Å². The summed E-state index contributed by atoms with van der Waals surface area (Å²) in [4.78, 5) is 29.5. The van der Waals surface area contributed by atoms with Crippen molar-refractivity contribution in [3.63, 3.8) is 0 Å². The first kappa shape index (κ1) is 23.6. The number of aromatic nitrogens is 3. The van der Waals surface area contributed by atoms with E-state index in [0.717, 1.165) is 24.0 Å². The molecule has 1 atom stereocenters. The van der Waals surface area contributed by atoms with Crippen LogP contribution in [-0.4, -0.2) is 49.8 Å². The molecule has 1 fully saturated rings. The Morgan fingerprint density at radius 2 is 1.94 bits per heavy atom. The lowest BCUT2D eigenvalue weighted by Crippen LogP contribution is -2.45. The van der Waals surface area contributed by atoms with Crippen molar-refractivity contribution in [3.05, 3.63) is 76.6 Å². The van der Waals surface area contributed by atoms with Gasteiger partial charge in [0, 0.05) is 37.0 Å². The number of nitrogens with two attached hydrogens (primary N) is 1. The van der Waals surface area contributed by atoms with Gasteiger partial charge in [-0.25, -0.2) is 4.79 Å². The Hall–Kier alpha value is -3.59. The summed E-state index contributed by atoms with van der Waals surface area (Å²) in [5.41, 5.74) is 8.94. The molecule has 3 N–H and O–H groups in total. The van der Waals surface area contributed by atoms with E-state index in [1.165, 1.54) is 0 Å². The number of halogens is 1. The van der Waals surface area contributed by atoms with Crippen molar-refractivity contribution < 1.29 is 9.59 Å². The zero-order valence-electron chi connectivity index (χ0n) is 19.0. The minimum Gasteiger partial charge on any atom is -0.399 e. The molecule has 0 aliphatic carbocycles. The first-order valence-electron chi connectivity index (χ1n) is 11.2. The molecule has 3 amide bonds. The number of nitrogens with one attached hydrogen (secondary N) is 1. The Kier molecular flexibility index (Phi) is 7.32. The van der Waals surface area contributed by atoms with Crippen molar-refractivity contribution in [2.45, 2.75) is 32.0 Å². The van der Waals surface area contributed by atoms with Gasteiger partial charge >= 0.3 is 6.03 Å². The number of nitrogen functional groups attached to an aromatic ring is 1. The minimum atomic E-state index is -0.357. The molecule has 1 aliphatic rings. The summed E-state index contributed by atoms with van der Waals surface area (Å²) in [5, 5.41) is 11.5. The molecule has 9 nitrogen and oxygen atoms in total. The number of aryl methyl sites for hydroxylation is 1. The zero-order valence-corrected chi connectivity index (χ0v) is 19.8. The topological polar surface area (TPSA) is 109 Å². The Morgan fingerprint density at radius 1 is 1.18 bits per heavy atom. The fourth-order valence-corrected chi connectivity index (χ4v) is 4.47. The number of benzene rings is 2. The number of hydrogen-bond acceptors (Lipinski definition) is 5. The lowest BCUT2D eigenvalue weighted by atomic mass is 10.0. The maximum Gasteiger partial charge on any atom is 0.318 e. The van der Waals surface area contributed by atoms with E-state index < -0.39 is 0 Å². The van der Waals surface area contributed by atoms with E-state index >= 15 is 0 Å². The first-order chi connectivity index (χ1) is 16.4. The Labute approximate surface area is 203 Å². The molecule has 4 rings (SSSR count). The molecule has 0 bridgehead atoms. The number of carbonyl (C=O) groups is 2. The van der Waals surface area contributed by atoms with Gasteiger partial charge in [0.05, 0.1) is 19.1 Å². The number of hydrogen-bond donors (Lipinski definition) is 2. The number of likely N-dealkylation sites (tertiary alicyclic amines) is 1. The van der Waals surface area contributed by atoms with E-state index in [2.05, 4.69) is 15.6 Å². The van der Waals surface area contributed by atoms with Crippen LogP contribution in [0.1, 0.15) is 35.7 Å². The van der Waals surface area contributed by atoms with Crippen LogP contribution in [0, 0.1) is 0 Å². The molecule has 1 unspecified atom stereocenters. The fourth-order valence-electron chi connectivity index (χ4n) is 4.20. The van der Waals surface area contributed by atoms with Crippen LogP contribution < -0.4 is 11.1 Å². The van der Waals surface area contributed by atoms with E-state index in [1.807, 2.05) is 36.4 Å². The summed E-state index contributed by atoms with van der Waals surface area (Å²) in [6.07, 6.45) is 3.50. The van der Waals surface area contributed by atoms with Crippen LogP contribution in [0.25, 0.3) is 0 Å². The number of rotatable bonds is 7. The van der Waals surface area contributed by atoms with Gasteiger partial charge in [-0.05, 0) is 42.2 Å². The molecule has 10 heteroatoms. The van der Waals surface area contributed by atoms with E-state index in [4.69, 9.17) is 17.3 Å². The molecule has 34 heavy (non-hydrogen) atoms. The van der Waals surface area contributed by atoms with E-state index in [9.17, 15) is 9.59 Å². The van der Waals surface area contributed by atoms with E-state index in [-0.39, 0.29) is 31.1 Å². The third kappa shape index (κ3) is 5.66. The highest BCUT2D eigenvalue weighted by atomic mass is 35.5. The van der Waals surface area contributed by atoms with Crippen molar-refractivity contribution >= 4 is 29.2 Å². The van der Waals surface area contributed by atoms with E-state index in [0.29, 0.717) is 29.5 Å². The number of amides is 3. The molecule has 1 saturated heterocycles. The van der Waals surface area contributed by atoms with Crippen LogP contribution >= 0.6 is 11.6 Å². The van der Waals surface area contributed by atoms with Gasteiger partial charge < -0.3 is 20.9 Å². The summed E-state index contributed by atoms with van der Waals surface area (Å²) in [6.45, 7) is 1.13. The van der Waals surface area contributed by atoms with Gasteiger partial charge in [-0.15, -0.1) is 5.10 Å². The summed E-state index contributed by atoms with van der Waals surface area (Å²) in [5.74, 6) is -0.136. The van der Waals surface area contributed by atoms with Crippen LogP contribution in [0.4, 0.5) is 10.5 Å². The van der Waals surface area contributed by atoms with Gasteiger partial charge in [0.1, 0.15) is 5.69 Å². The van der Waals surface area contributed by atoms with Crippen LogP contribution in [0.2, 0.25) is 5.02 Å². The maximum atomic E-state index is 13.1. The average Bonchev–Trinajstić information content (AvgIpc) is 3.47. The number of nitrogens with zero attached hydrogens (tertiary/aromatic N) is 5. The largest absolute Gasteiger partial charge is 0.399 e. The second-order valence-electron chi connectivity index (χ2n) is 8.41. The van der Waals surface area contributed by atoms with Crippen LogP contribution in [0.5, 0.6) is 0 Å². The standard InChI is InChI=1S/C24H28ClN7O2/c1-30-15-19(28-29-30)16-31(14-17-8-10-18(26)11-9-17)24(34)27-13-23(33)32-12-4-7-22(32)20-5-2-3-6-21(20)25/h2-3,5-6,8-11,15,22H,4,7,12-14,16,26H2,1H3,(H,27,34). The van der Waals surface area contributed by atoms with Gasteiger partial charge in [-0.2, -0.15) is 0 Å². The lowest BCUT2D eigenvalue weighted by Gasteiger charge is -2.27. The number of urea groups is 1. The average molecular weight is 482 g/mol. The monoisotopic (exact) mass is 481 g/mol. The summed E-state index contributed by atoms with van der Waals surface area (Å²) in [7, 11) is 1.77. The maximum absolute atomic E-state index is 13.1. The van der Waals surface area contributed by atoms with Crippen LogP contribution in [-0.2, 0) is 24.9 Å². The number of anilines is 1. The second kappa shape index (κ2) is 10.6. The molecule has 2 aromatic carbocycles. The van der Waals surface area contributed by atoms with Gasteiger partial charge in [-0.3, -0.25) is 9.48 Å². The molecule has 0 radical (unpaired) electrons. The Morgan fingerprint density at radius 3 is 2.65 bits per heavy atom. The van der Waals surface area contributed by atoms with E-state index in [1.54, 1.807) is 39.9 Å². The van der Waals surface area contributed by atoms with Crippen LogP contribution in [0.15, 0.2) is 54.7 Å². The van der Waals surface area contributed by atoms with Gasteiger partial charge in [0.15, 0.2) is 0 Å². The van der Waals surface area contributed by atoms with Crippen molar-refractivity contribution in [1.29, 1.82) is 0 Å². The molecule has 178 valence electrons. The first-order valence-corrected chi connectivity index (χ1v) is 11.5. The summed E-state index contributed by atoms with van der Waals surface area (Å²) >= 11 is 6.37. The predicted molar refractivity (Wildman–Crippen MR) is 130 cm³/mol. The molecule has 3 aromatic rings. The molecule has 0 spiro atoms. The third-order valence-electron chi connectivity index (χ3n) is 5.87. The van der Waals surface area contributed by atoms with Gasteiger partial charge in [0.2, 0.25) is 5.91 Å². The second-order valence-corrected chi connectivity index (χ2v) is 8.81. The quantitative estimate of drug-likeness (QED) is 0.504. The Balaban J connectivity index is 1.42.